The molecule has 2 saturated carbocycles. The lowest BCUT2D eigenvalue weighted by Crippen LogP contribution is -2.40. The maximum absolute atomic E-state index is 2.73. The predicted octanol–water partition coefficient (Wildman–Crippen LogP) is 2.76. The van der Waals surface area contributed by atoms with Gasteiger partial charge in [0.15, 0.2) is 0 Å². The average Bonchev–Trinajstić information content (AvgIpc) is 2.74. The Balaban J connectivity index is 1.77. The first-order chi connectivity index (χ1) is 6.55. The van der Waals surface area contributed by atoms with E-state index in [1.807, 2.05) is 0 Å². The van der Waals surface area contributed by atoms with Gasteiger partial charge in [-0.15, -0.1) is 0 Å². The molecule has 1 saturated heterocycles. The summed E-state index contributed by atoms with van der Waals surface area (Å²) in [6, 6.07) is 0. The van der Waals surface area contributed by atoms with Crippen molar-refractivity contribution in [3.63, 3.8) is 0 Å². The zero-order chi connectivity index (χ0) is 9.92. The van der Waals surface area contributed by atoms with Gasteiger partial charge in [0.25, 0.3) is 0 Å². The van der Waals surface area contributed by atoms with Gasteiger partial charge in [-0.2, -0.15) is 0 Å². The van der Waals surface area contributed by atoms with Crippen LogP contribution in [0.4, 0.5) is 0 Å². The Hall–Kier alpha value is -0.0400. The lowest BCUT2D eigenvalue weighted by Gasteiger charge is -2.32. The zero-order valence-corrected chi connectivity index (χ0v) is 9.79. The Morgan fingerprint density at radius 2 is 1.43 bits per heavy atom. The molecule has 0 aromatic rings. The molecular weight excluding hydrogens is 170 g/mol. The van der Waals surface area contributed by atoms with Gasteiger partial charge < -0.3 is 0 Å². The molecular formula is C13H23N. The van der Waals surface area contributed by atoms with Gasteiger partial charge in [-0.1, -0.05) is 0 Å². The van der Waals surface area contributed by atoms with Crippen LogP contribution in [-0.4, -0.2) is 23.5 Å². The van der Waals surface area contributed by atoms with E-state index in [0.29, 0.717) is 5.54 Å². The second-order valence-electron chi connectivity index (χ2n) is 6.74. The molecule has 3 fully saturated rings. The molecule has 0 amide bonds. The van der Waals surface area contributed by atoms with E-state index >= 15 is 0 Å². The molecule has 80 valence electrons. The van der Waals surface area contributed by atoms with Gasteiger partial charge in [-0.3, -0.25) is 4.90 Å². The van der Waals surface area contributed by atoms with Crippen molar-refractivity contribution in [3.05, 3.63) is 0 Å². The van der Waals surface area contributed by atoms with Crippen molar-refractivity contribution < 1.29 is 0 Å². The summed E-state index contributed by atoms with van der Waals surface area (Å²) in [5, 5.41) is 0. The van der Waals surface area contributed by atoms with E-state index in [-0.39, 0.29) is 0 Å². The highest BCUT2D eigenvalue weighted by Crippen LogP contribution is 2.55. The number of hydrogen-bond donors (Lipinski definition) is 0. The van der Waals surface area contributed by atoms with E-state index in [0.717, 1.165) is 23.7 Å². The van der Waals surface area contributed by atoms with Gasteiger partial charge in [-0.05, 0) is 63.7 Å². The highest BCUT2D eigenvalue weighted by atomic mass is 15.2. The van der Waals surface area contributed by atoms with Gasteiger partial charge in [0.1, 0.15) is 0 Å². The summed E-state index contributed by atoms with van der Waals surface area (Å²) < 4.78 is 0. The standard InChI is InChI=1S/C13H23N/c1-13(2,3)14-7-11-9-4-5-10(6-9)12(11)8-14/h9-12H,4-8H2,1-3H3/t9-,10+,11?,12?. The SMILES string of the molecule is CC(C)(C)N1CC2C(C1)[C@H]1CC[C@@H]2C1. The minimum atomic E-state index is 0.407. The predicted molar refractivity (Wildman–Crippen MR) is 59.1 cm³/mol. The second kappa shape index (κ2) is 2.75. The molecule has 3 aliphatic rings. The van der Waals surface area contributed by atoms with Crippen molar-refractivity contribution in [2.75, 3.05) is 13.1 Å². The summed E-state index contributed by atoms with van der Waals surface area (Å²) in [5.41, 5.74) is 0.407. The van der Waals surface area contributed by atoms with E-state index in [9.17, 15) is 0 Å². The van der Waals surface area contributed by atoms with E-state index in [2.05, 4.69) is 25.7 Å². The fourth-order valence-corrected chi connectivity index (χ4v) is 4.23. The van der Waals surface area contributed by atoms with Crippen LogP contribution in [-0.2, 0) is 0 Å². The minimum Gasteiger partial charge on any atom is -0.298 e. The van der Waals surface area contributed by atoms with Crippen LogP contribution < -0.4 is 0 Å². The quantitative estimate of drug-likeness (QED) is 0.572. The van der Waals surface area contributed by atoms with Gasteiger partial charge in [0.2, 0.25) is 0 Å². The van der Waals surface area contributed by atoms with E-state index < -0.39 is 0 Å². The molecule has 4 atom stereocenters. The van der Waals surface area contributed by atoms with Crippen molar-refractivity contribution in [2.24, 2.45) is 23.7 Å². The Bertz CT molecular complexity index is 222. The van der Waals surface area contributed by atoms with Crippen LogP contribution in [0.15, 0.2) is 0 Å². The molecule has 2 bridgehead atoms. The molecule has 1 heterocycles. The van der Waals surface area contributed by atoms with Crippen LogP contribution >= 0.6 is 0 Å². The van der Waals surface area contributed by atoms with Crippen molar-refractivity contribution in [2.45, 2.75) is 45.6 Å². The summed E-state index contributed by atoms with van der Waals surface area (Å²) in [4.78, 5) is 2.73. The summed E-state index contributed by atoms with van der Waals surface area (Å²) in [6.07, 6.45) is 4.67. The second-order valence-corrected chi connectivity index (χ2v) is 6.74. The Morgan fingerprint density at radius 1 is 0.929 bits per heavy atom. The Labute approximate surface area is 87.9 Å². The van der Waals surface area contributed by atoms with Crippen LogP contribution in [0.1, 0.15) is 40.0 Å². The summed E-state index contributed by atoms with van der Waals surface area (Å²) in [7, 11) is 0. The lowest BCUT2D eigenvalue weighted by atomic mass is 9.82. The lowest BCUT2D eigenvalue weighted by molar-refractivity contribution is 0.155. The highest BCUT2D eigenvalue weighted by molar-refractivity contribution is 5.03. The third-order valence-electron chi connectivity index (χ3n) is 5.09. The summed E-state index contributed by atoms with van der Waals surface area (Å²) in [6.45, 7) is 9.91. The fraction of sp³-hybridized carbons (Fsp3) is 1.00. The Kier molecular flexibility index (Phi) is 1.81. The molecule has 1 nitrogen and oxygen atoms in total. The van der Waals surface area contributed by atoms with Crippen LogP contribution in [0.25, 0.3) is 0 Å². The molecule has 14 heavy (non-hydrogen) atoms. The molecule has 0 spiro atoms. The van der Waals surface area contributed by atoms with Crippen molar-refractivity contribution in [3.8, 4) is 0 Å². The van der Waals surface area contributed by atoms with Crippen LogP contribution in [0.2, 0.25) is 0 Å². The highest BCUT2D eigenvalue weighted by Gasteiger charge is 2.52. The molecule has 0 aromatic heterocycles. The van der Waals surface area contributed by atoms with Crippen LogP contribution in [0.5, 0.6) is 0 Å². The van der Waals surface area contributed by atoms with Gasteiger partial charge in [-0.25, -0.2) is 0 Å². The molecule has 3 rings (SSSR count). The molecule has 0 N–H and O–H groups in total. The normalized spacial score (nSPS) is 47.4. The monoisotopic (exact) mass is 193 g/mol. The first-order valence-corrected chi connectivity index (χ1v) is 6.31. The topological polar surface area (TPSA) is 3.24 Å². The Morgan fingerprint density at radius 3 is 1.86 bits per heavy atom. The van der Waals surface area contributed by atoms with Crippen molar-refractivity contribution in [1.29, 1.82) is 0 Å². The van der Waals surface area contributed by atoms with E-state index in [4.69, 9.17) is 0 Å². The van der Waals surface area contributed by atoms with Gasteiger partial charge in [0.05, 0.1) is 0 Å². The molecule has 0 radical (unpaired) electrons. The zero-order valence-electron chi connectivity index (χ0n) is 9.79. The maximum atomic E-state index is 2.73. The van der Waals surface area contributed by atoms with E-state index in [1.165, 1.54) is 13.1 Å². The average molecular weight is 193 g/mol. The maximum Gasteiger partial charge on any atom is 0.0125 e. The molecule has 1 aliphatic heterocycles. The van der Waals surface area contributed by atoms with Crippen LogP contribution in [0, 0.1) is 23.7 Å². The van der Waals surface area contributed by atoms with Gasteiger partial charge >= 0.3 is 0 Å². The largest absolute Gasteiger partial charge is 0.298 e. The molecule has 2 unspecified atom stereocenters. The minimum absolute atomic E-state index is 0.407. The number of likely N-dealkylation sites (tertiary alicyclic amines) is 1. The number of fused-ring (bicyclic) bond motifs is 5. The fourth-order valence-electron chi connectivity index (χ4n) is 4.23. The van der Waals surface area contributed by atoms with Crippen molar-refractivity contribution in [1.82, 2.24) is 4.90 Å². The smallest absolute Gasteiger partial charge is 0.0125 e. The van der Waals surface area contributed by atoms with E-state index in [1.54, 1.807) is 19.3 Å². The third-order valence-corrected chi connectivity index (χ3v) is 5.09. The number of hydrogen-bond acceptors (Lipinski definition) is 1. The molecule has 0 aromatic carbocycles. The summed E-state index contributed by atoms with van der Waals surface area (Å²) >= 11 is 0. The first kappa shape index (κ1) is 9.21. The third kappa shape index (κ3) is 1.18. The number of nitrogens with zero attached hydrogens (tertiary/aromatic N) is 1. The van der Waals surface area contributed by atoms with Gasteiger partial charge in [0, 0.05) is 18.6 Å². The van der Waals surface area contributed by atoms with Crippen molar-refractivity contribution >= 4 is 0 Å². The first-order valence-electron chi connectivity index (χ1n) is 6.31. The van der Waals surface area contributed by atoms with Crippen LogP contribution in [0.3, 0.4) is 0 Å². The number of rotatable bonds is 0. The molecule has 2 aliphatic carbocycles. The summed E-state index contributed by atoms with van der Waals surface area (Å²) in [5.74, 6) is 4.37. The molecule has 1 heteroatoms.